The van der Waals surface area contributed by atoms with Crippen molar-refractivity contribution in [1.82, 2.24) is 16.0 Å². The van der Waals surface area contributed by atoms with Crippen molar-refractivity contribution in [2.24, 2.45) is 28.6 Å². The van der Waals surface area contributed by atoms with Gasteiger partial charge in [0.25, 0.3) is 0 Å². The number of amides is 2. The number of aliphatic hydroxyl groups excluding tert-OH is 1. The summed E-state index contributed by atoms with van der Waals surface area (Å²) in [5, 5.41) is 32.9. The minimum Gasteiger partial charge on any atom is -0.442 e. The Hall–Kier alpha value is -2.71. The molecule has 13 heteroatoms. The number of aliphatic hydroxyl groups is 1. The molecule has 0 heterocycles. The van der Waals surface area contributed by atoms with Crippen LogP contribution in [-0.4, -0.2) is 82.6 Å². The number of ether oxygens (including phenoxy) is 1. The van der Waals surface area contributed by atoms with Crippen LogP contribution in [0.5, 0.6) is 0 Å². The molecule has 0 aromatic heterocycles. The van der Waals surface area contributed by atoms with Crippen molar-refractivity contribution in [2.45, 2.75) is 83.4 Å². The van der Waals surface area contributed by atoms with E-state index in [1.165, 1.54) is 12.2 Å². The Bertz CT molecular complexity index is 1150. The average molecular weight is 610 g/mol. The molecular formula is C30H44FN3O9. The highest BCUT2D eigenvalue weighted by molar-refractivity contribution is 6.01. The van der Waals surface area contributed by atoms with E-state index in [0.717, 1.165) is 12.8 Å². The van der Waals surface area contributed by atoms with Gasteiger partial charge in [0, 0.05) is 23.8 Å². The van der Waals surface area contributed by atoms with Crippen LogP contribution in [0.3, 0.4) is 0 Å². The Morgan fingerprint density at radius 1 is 1.07 bits per heavy atom. The van der Waals surface area contributed by atoms with E-state index >= 15 is 4.39 Å². The molecule has 0 aromatic carbocycles. The summed E-state index contributed by atoms with van der Waals surface area (Å²) in [7, 11) is 0. The molecule has 0 aliphatic heterocycles. The van der Waals surface area contributed by atoms with E-state index in [1.54, 1.807) is 13.0 Å². The number of hydrogen-bond acceptors (Lipinski definition) is 10. The topological polar surface area (TPSA) is 175 Å². The molecule has 4 rings (SSSR count). The van der Waals surface area contributed by atoms with Crippen molar-refractivity contribution in [3.63, 3.8) is 0 Å². The van der Waals surface area contributed by atoms with E-state index in [4.69, 9.17) is 15.2 Å². The van der Waals surface area contributed by atoms with Crippen molar-refractivity contribution in [1.29, 1.82) is 0 Å². The smallest absolute Gasteiger partial charge is 0.408 e. The highest BCUT2D eigenvalue weighted by Gasteiger charge is 2.70. The summed E-state index contributed by atoms with van der Waals surface area (Å²) in [6, 6.07) is 0. The fraction of sp³-hybridized carbons (Fsp3) is 0.733. The maximum atomic E-state index is 17.1. The maximum absolute atomic E-state index is 17.1. The minimum absolute atomic E-state index is 0.0931. The van der Waals surface area contributed by atoms with Gasteiger partial charge in [0.1, 0.15) is 0 Å². The van der Waals surface area contributed by atoms with Crippen molar-refractivity contribution >= 4 is 23.6 Å². The first kappa shape index (κ1) is 33.2. The van der Waals surface area contributed by atoms with Crippen LogP contribution < -0.4 is 10.6 Å². The number of fused-ring (bicyclic) bond motifs is 5. The Kier molecular flexibility index (Phi) is 10.4. The summed E-state index contributed by atoms with van der Waals surface area (Å²) in [6.45, 7) is 3.46. The molecule has 3 unspecified atom stereocenters. The Balaban J connectivity index is 1.22. The van der Waals surface area contributed by atoms with Gasteiger partial charge in [-0.25, -0.2) is 9.18 Å². The van der Waals surface area contributed by atoms with Gasteiger partial charge in [-0.15, -0.1) is 0 Å². The highest BCUT2D eigenvalue weighted by atomic mass is 19.1. The van der Waals surface area contributed by atoms with Gasteiger partial charge in [-0.05, 0) is 75.4 Å². The SMILES string of the molecule is C[C@]12C[C@H](O)C3(F)[C@@H](CCC4=CC(=O)C=C[C@@]43C)C1CCC2C(=O)COC(=O)NCC(=O)NCCCCCCON(O)O. The first-order valence-corrected chi connectivity index (χ1v) is 15.1. The van der Waals surface area contributed by atoms with Crippen molar-refractivity contribution < 1.29 is 48.7 Å². The lowest BCUT2D eigenvalue weighted by molar-refractivity contribution is -0.492. The van der Waals surface area contributed by atoms with Crippen LogP contribution in [0.15, 0.2) is 23.8 Å². The lowest BCUT2D eigenvalue weighted by Gasteiger charge is -2.62. The summed E-state index contributed by atoms with van der Waals surface area (Å²) in [5.41, 5.74) is -2.99. The molecule has 0 spiro atoms. The number of nitrogens with zero attached hydrogens (tertiary/aromatic N) is 1. The zero-order valence-corrected chi connectivity index (χ0v) is 24.9. The van der Waals surface area contributed by atoms with E-state index in [9.17, 15) is 24.3 Å². The summed E-state index contributed by atoms with van der Waals surface area (Å²) in [5.74, 6) is -1.98. The molecular weight excluding hydrogens is 565 g/mol. The van der Waals surface area contributed by atoms with E-state index < -0.39 is 53.0 Å². The number of allylic oxidation sites excluding steroid dienone is 4. The van der Waals surface area contributed by atoms with Gasteiger partial charge in [0.2, 0.25) is 5.91 Å². The molecule has 240 valence electrons. The van der Waals surface area contributed by atoms with Crippen LogP contribution in [0, 0.1) is 28.6 Å². The molecule has 5 N–H and O–H groups in total. The third kappa shape index (κ3) is 6.70. The van der Waals surface area contributed by atoms with E-state index in [0.29, 0.717) is 50.6 Å². The lowest BCUT2D eigenvalue weighted by atomic mass is 9.45. The normalized spacial score (nSPS) is 34.6. The van der Waals surface area contributed by atoms with Gasteiger partial charge in [0.05, 0.1) is 24.6 Å². The molecule has 7 atom stereocenters. The van der Waals surface area contributed by atoms with Gasteiger partial charge >= 0.3 is 6.09 Å². The molecule has 0 bridgehead atoms. The van der Waals surface area contributed by atoms with Crippen LogP contribution in [0.25, 0.3) is 0 Å². The standard InChI is InChI=1S/C30H44FN3O9/c1-28-16-25(37)30(31)22(8-7-19-15-20(35)11-12-29(19,30)2)21(28)9-10-23(28)24(36)18-42-27(39)33-17-26(38)32-13-5-3-4-6-14-43-34(40)41/h11-12,15,21-23,25,37,40-41H,3-10,13-14,16-18H2,1-2H3,(H,32,38)(H,33,39)/t21?,22-,23?,25-,28-,29-,30?/m0/s1. The van der Waals surface area contributed by atoms with Crippen molar-refractivity contribution in [3.8, 4) is 0 Å². The Labute approximate surface area is 250 Å². The summed E-state index contributed by atoms with van der Waals surface area (Å²) in [6.07, 6.45) is 7.42. The van der Waals surface area contributed by atoms with Gasteiger partial charge in [-0.1, -0.05) is 31.4 Å². The number of hydrogen-bond donors (Lipinski definition) is 5. The Morgan fingerprint density at radius 3 is 2.56 bits per heavy atom. The summed E-state index contributed by atoms with van der Waals surface area (Å²) >= 11 is 0. The second kappa shape index (κ2) is 13.5. The first-order valence-electron chi connectivity index (χ1n) is 15.1. The summed E-state index contributed by atoms with van der Waals surface area (Å²) < 4.78 is 22.2. The molecule has 4 aliphatic rings. The van der Waals surface area contributed by atoms with Gasteiger partial charge in [-0.3, -0.25) is 29.6 Å². The molecule has 43 heavy (non-hydrogen) atoms. The number of alkyl carbamates (subject to hydrolysis) is 1. The molecule has 3 saturated carbocycles. The predicted molar refractivity (Wildman–Crippen MR) is 149 cm³/mol. The molecule has 0 saturated heterocycles. The number of ketones is 2. The fourth-order valence-electron chi connectivity index (χ4n) is 8.19. The highest BCUT2D eigenvalue weighted by Crippen LogP contribution is 2.68. The largest absolute Gasteiger partial charge is 0.442 e. The number of carbonyl (C=O) groups excluding carboxylic acids is 4. The quantitative estimate of drug-likeness (QED) is 0.154. The summed E-state index contributed by atoms with van der Waals surface area (Å²) in [4.78, 5) is 53.9. The third-order valence-electron chi connectivity index (χ3n) is 10.4. The van der Waals surface area contributed by atoms with E-state index in [-0.39, 0.29) is 42.4 Å². The van der Waals surface area contributed by atoms with Crippen LogP contribution in [0.2, 0.25) is 0 Å². The second-order valence-corrected chi connectivity index (χ2v) is 12.7. The van der Waals surface area contributed by atoms with Gasteiger partial charge in [0.15, 0.2) is 23.8 Å². The molecule has 0 radical (unpaired) electrons. The minimum atomic E-state index is -1.95. The number of nitrogens with one attached hydrogen (secondary N) is 2. The molecule has 12 nitrogen and oxygen atoms in total. The number of unbranched alkanes of at least 4 members (excludes halogenated alkanes) is 3. The monoisotopic (exact) mass is 609 g/mol. The predicted octanol–water partition coefficient (Wildman–Crippen LogP) is 2.96. The van der Waals surface area contributed by atoms with Crippen LogP contribution in [0.4, 0.5) is 9.18 Å². The van der Waals surface area contributed by atoms with Gasteiger partial charge < -0.3 is 20.5 Å². The van der Waals surface area contributed by atoms with Gasteiger partial charge in [-0.2, -0.15) is 0 Å². The second-order valence-electron chi connectivity index (χ2n) is 12.7. The van der Waals surface area contributed by atoms with E-state index in [1.807, 2.05) is 6.92 Å². The van der Waals surface area contributed by atoms with E-state index in [2.05, 4.69) is 15.5 Å². The zero-order valence-electron chi connectivity index (χ0n) is 24.9. The average Bonchev–Trinajstić information content (AvgIpc) is 3.29. The molecule has 3 fully saturated rings. The molecule has 4 aliphatic carbocycles. The van der Waals surface area contributed by atoms with Crippen molar-refractivity contribution in [2.75, 3.05) is 26.3 Å². The van der Waals surface area contributed by atoms with Crippen LogP contribution in [-0.2, 0) is 24.0 Å². The number of alkyl halides is 1. The fourth-order valence-corrected chi connectivity index (χ4v) is 8.19. The maximum Gasteiger partial charge on any atom is 0.408 e. The number of carbonyl (C=O) groups is 4. The number of rotatable bonds is 13. The van der Waals surface area contributed by atoms with Crippen molar-refractivity contribution in [3.05, 3.63) is 23.8 Å². The van der Waals surface area contributed by atoms with Crippen LogP contribution >= 0.6 is 0 Å². The Morgan fingerprint density at radius 2 is 1.81 bits per heavy atom. The van der Waals surface area contributed by atoms with Crippen LogP contribution in [0.1, 0.15) is 71.6 Å². The molecule has 2 amide bonds. The number of Topliss-reactive ketones (excluding diaryl/α,β-unsaturated/α-hetero) is 1. The number of halogens is 1. The zero-order chi connectivity index (χ0) is 31.4. The first-order chi connectivity index (χ1) is 20.3. The molecule has 0 aromatic rings. The lowest BCUT2D eigenvalue weighted by Crippen LogP contribution is -2.66. The third-order valence-corrected chi connectivity index (χ3v) is 10.4.